The maximum atomic E-state index is 4.00. The van der Waals surface area contributed by atoms with Crippen LogP contribution >= 0.6 is 0 Å². The van der Waals surface area contributed by atoms with Crippen LogP contribution in [0.5, 0.6) is 0 Å². The van der Waals surface area contributed by atoms with E-state index in [9.17, 15) is 0 Å². The predicted molar refractivity (Wildman–Crippen MR) is 133 cm³/mol. The van der Waals surface area contributed by atoms with Gasteiger partial charge in [0.05, 0.1) is 0 Å². The van der Waals surface area contributed by atoms with Crippen molar-refractivity contribution in [3.8, 4) is 12.8 Å². The second kappa shape index (κ2) is 12.1. The number of hydrogen-bond donors (Lipinski definition) is 1. The van der Waals surface area contributed by atoms with Crippen LogP contribution in [-0.2, 0) is 12.8 Å². The summed E-state index contributed by atoms with van der Waals surface area (Å²) in [5.41, 5.74) is 7.90. The van der Waals surface area contributed by atoms with Crippen LogP contribution in [0.4, 0.5) is 0 Å². The zero-order valence-electron chi connectivity index (χ0n) is 18.2. The second-order valence-corrected chi connectivity index (χ2v) is 7.17. The third-order valence-electron chi connectivity index (χ3n) is 5.00. The smallest absolute Gasteiger partial charge is 0.0457 e. The predicted octanol–water partition coefficient (Wildman–Crippen LogP) is 7.54. The van der Waals surface area contributed by atoms with Gasteiger partial charge in [0.25, 0.3) is 0 Å². The largest absolute Gasteiger partial charge is 0.361 e. The molecule has 0 radical (unpaired) electrons. The molecule has 152 valence electrons. The van der Waals surface area contributed by atoms with Crippen LogP contribution in [0.1, 0.15) is 34.7 Å². The maximum absolute atomic E-state index is 4.00. The van der Waals surface area contributed by atoms with Gasteiger partial charge < -0.3 is 4.98 Å². The molecule has 3 aromatic carbocycles. The minimum atomic E-state index is 0.956. The molecule has 1 heteroatoms. The lowest BCUT2D eigenvalue weighted by Gasteiger charge is -1.99. The van der Waals surface area contributed by atoms with Crippen molar-refractivity contribution in [1.82, 2.24) is 4.98 Å². The van der Waals surface area contributed by atoms with Crippen LogP contribution < -0.4 is 0 Å². The average Bonchev–Trinajstić information content (AvgIpc) is 3.19. The molecule has 1 nitrogen and oxygen atoms in total. The summed E-state index contributed by atoms with van der Waals surface area (Å²) in [6.45, 7) is 6.45. The summed E-state index contributed by atoms with van der Waals surface area (Å²) >= 11 is 0. The highest BCUT2D eigenvalue weighted by atomic mass is 14.7. The van der Waals surface area contributed by atoms with Gasteiger partial charge in [-0.1, -0.05) is 85.3 Å². The Hall–Kier alpha value is -3.50. The fraction of sp³-hybridized carbons (Fsp3) is 0.172. The van der Waals surface area contributed by atoms with E-state index in [-0.39, 0.29) is 0 Å². The van der Waals surface area contributed by atoms with Gasteiger partial charge >= 0.3 is 0 Å². The number of H-pyrrole nitrogens is 1. The Bertz CT molecular complexity index is 1080. The van der Waals surface area contributed by atoms with E-state index in [1.807, 2.05) is 6.07 Å². The van der Waals surface area contributed by atoms with Crippen molar-refractivity contribution >= 4 is 17.0 Å². The van der Waals surface area contributed by atoms with E-state index < -0.39 is 0 Å². The number of aryl methyl sites for hydroxylation is 3. The van der Waals surface area contributed by atoms with Crippen molar-refractivity contribution in [2.75, 3.05) is 0 Å². The molecule has 4 rings (SSSR count). The van der Waals surface area contributed by atoms with Gasteiger partial charge in [-0.25, -0.2) is 0 Å². The summed E-state index contributed by atoms with van der Waals surface area (Å²) in [5.74, 6) is 0. The first-order chi connectivity index (χ1) is 14.7. The standard InChI is InChI=1S/C19H19N.C8H10.C2H2/c1-14-10-11-19-18(12-14)17(13-20-19)9-5-8-16-7-4-3-6-15(16)2;1-2-8-6-4-3-5-7-8;1-2/h3-8,10-13,20H,9H2,1-2H3;3-7H,2H2,1H3;1-2H/b8-5-;;. The van der Waals surface area contributed by atoms with Gasteiger partial charge in [0.15, 0.2) is 0 Å². The molecule has 0 atom stereocenters. The molecule has 0 unspecified atom stereocenters. The van der Waals surface area contributed by atoms with E-state index in [2.05, 4.69) is 124 Å². The van der Waals surface area contributed by atoms with E-state index in [1.54, 1.807) is 0 Å². The monoisotopic (exact) mass is 393 g/mol. The lowest BCUT2D eigenvalue weighted by Crippen LogP contribution is -1.81. The Morgan fingerprint density at radius 2 is 1.57 bits per heavy atom. The van der Waals surface area contributed by atoms with Crippen molar-refractivity contribution in [3.63, 3.8) is 0 Å². The second-order valence-electron chi connectivity index (χ2n) is 7.17. The number of aromatic amines is 1. The Balaban J connectivity index is 0.000000269. The zero-order chi connectivity index (χ0) is 21.8. The van der Waals surface area contributed by atoms with Gasteiger partial charge in [-0.2, -0.15) is 0 Å². The first kappa shape index (κ1) is 22.8. The molecule has 1 heterocycles. The van der Waals surface area contributed by atoms with Crippen LogP contribution in [0.3, 0.4) is 0 Å². The van der Waals surface area contributed by atoms with Crippen LogP contribution in [0.2, 0.25) is 0 Å². The summed E-state index contributed by atoms with van der Waals surface area (Å²) in [6, 6.07) is 25.5. The Kier molecular flexibility index (Phi) is 9.22. The topological polar surface area (TPSA) is 15.8 Å². The molecule has 1 aromatic heterocycles. The van der Waals surface area contributed by atoms with Gasteiger partial charge in [-0.05, 0) is 61.1 Å². The molecule has 0 aliphatic heterocycles. The molecule has 0 saturated heterocycles. The Morgan fingerprint density at radius 1 is 0.867 bits per heavy atom. The highest BCUT2D eigenvalue weighted by molar-refractivity contribution is 5.84. The third-order valence-corrected chi connectivity index (χ3v) is 5.00. The lowest BCUT2D eigenvalue weighted by molar-refractivity contribution is 1.14. The van der Waals surface area contributed by atoms with E-state index in [1.165, 1.54) is 38.7 Å². The zero-order valence-corrected chi connectivity index (χ0v) is 18.2. The van der Waals surface area contributed by atoms with Crippen molar-refractivity contribution in [3.05, 3.63) is 113 Å². The SMILES string of the molecule is C#C.CCc1ccccc1.Cc1ccc2[nH]cc(C/C=C\c3ccccc3C)c2c1. The number of aromatic nitrogens is 1. The van der Waals surface area contributed by atoms with Gasteiger partial charge in [0.2, 0.25) is 0 Å². The average molecular weight is 394 g/mol. The molecule has 0 fully saturated rings. The van der Waals surface area contributed by atoms with Crippen LogP contribution in [0.25, 0.3) is 17.0 Å². The molecule has 4 aromatic rings. The van der Waals surface area contributed by atoms with Crippen LogP contribution in [-0.4, -0.2) is 4.98 Å². The third kappa shape index (κ3) is 6.54. The number of hydrogen-bond acceptors (Lipinski definition) is 0. The number of fused-ring (bicyclic) bond motifs is 1. The molecule has 0 bridgehead atoms. The molecular formula is C29H31N. The number of allylic oxidation sites excluding steroid dienone is 1. The minimum Gasteiger partial charge on any atom is -0.361 e. The highest BCUT2D eigenvalue weighted by Crippen LogP contribution is 2.20. The normalized spacial score (nSPS) is 10.2. The maximum Gasteiger partial charge on any atom is 0.0457 e. The molecule has 0 amide bonds. The quantitative estimate of drug-likeness (QED) is 0.345. The summed E-state index contributed by atoms with van der Waals surface area (Å²) < 4.78 is 0. The van der Waals surface area contributed by atoms with E-state index >= 15 is 0 Å². The van der Waals surface area contributed by atoms with Gasteiger partial charge in [-0.3, -0.25) is 0 Å². The van der Waals surface area contributed by atoms with Crippen molar-refractivity contribution in [2.24, 2.45) is 0 Å². The van der Waals surface area contributed by atoms with Crippen LogP contribution in [0, 0.1) is 26.7 Å². The number of benzene rings is 3. The molecule has 0 aliphatic rings. The molecule has 30 heavy (non-hydrogen) atoms. The van der Waals surface area contributed by atoms with Gasteiger partial charge in [0, 0.05) is 17.1 Å². The Labute approximate surface area is 181 Å². The number of nitrogens with one attached hydrogen (secondary N) is 1. The first-order valence-electron chi connectivity index (χ1n) is 10.3. The van der Waals surface area contributed by atoms with Crippen molar-refractivity contribution in [2.45, 2.75) is 33.6 Å². The fourth-order valence-corrected chi connectivity index (χ4v) is 3.26. The summed E-state index contributed by atoms with van der Waals surface area (Å²) in [7, 11) is 0. The van der Waals surface area contributed by atoms with Gasteiger partial charge in [-0.15, -0.1) is 12.8 Å². The Morgan fingerprint density at radius 3 is 2.23 bits per heavy atom. The summed E-state index contributed by atoms with van der Waals surface area (Å²) in [6.07, 6.45) is 16.7. The van der Waals surface area contributed by atoms with E-state index in [4.69, 9.17) is 0 Å². The van der Waals surface area contributed by atoms with Gasteiger partial charge in [0.1, 0.15) is 0 Å². The first-order valence-corrected chi connectivity index (χ1v) is 10.3. The molecule has 0 saturated carbocycles. The molecule has 0 aliphatic carbocycles. The fourth-order valence-electron chi connectivity index (χ4n) is 3.26. The van der Waals surface area contributed by atoms with Crippen LogP contribution in [0.15, 0.2) is 85.1 Å². The molecule has 1 N–H and O–H groups in total. The van der Waals surface area contributed by atoms with Crippen molar-refractivity contribution < 1.29 is 0 Å². The van der Waals surface area contributed by atoms with Crippen molar-refractivity contribution in [1.29, 1.82) is 0 Å². The molecular weight excluding hydrogens is 362 g/mol. The van der Waals surface area contributed by atoms with E-state index in [0.29, 0.717) is 0 Å². The highest BCUT2D eigenvalue weighted by Gasteiger charge is 2.02. The number of terminal acetylenes is 1. The lowest BCUT2D eigenvalue weighted by atomic mass is 10.1. The minimum absolute atomic E-state index is 0.956. The molecule has 0 spiro atoms. The number of rotatable bonds is 4. The summed E-state index contributed by atoms with van der Waals surface area (Å²) in [5, 5.41) is 1.33. The summed E-state index contributed by atoms with van der Waals surface area (Å²) in [4.78, 5) is 3.34. The van der Waals surface area contributed by atoms with E-state index in [0.717, 1.165) is 12.8 Å².